The fourth-order valence-corrected chi connectivity index (χ4v) is 2.70. The number of benzene rings is 2. The molecule has 0 saturated heterocycles. The summed E-state index contributed by atoms with van der Waals surface area (Å²) in [5, 5.41) is 2.93. The van der Waals surface area contributed by atoms with Crippen molar-refractivity contribution in [2.24, 2.45) is 0 Å². The van der Waals surface area contributed by atoms with Crippen LogP contribution in [-0.2, 0) is 11.2 Å². The van der Waals surface area contributed by atoms with Gasteiger partial charge >= 0.3 is 0 Å². The summed E-state index contributed by atoms with van der Waals surface area (Å²) in [6.45, 7) is 2.05. The minimum absolute atomic E-state index is 0.000520. The molecule has 0 aliphatic heterocycles. The third-order valence-electron chi connectivity index (χ3n) is 3.54. The Morgan fingerprint density at radius 2 is 1.83 bits per heavy atom. The lowest BCUT2D eigenvalue weighted by atomic mass is 10.1. The number of anilines is 1. The van der Waals surface area contributed by atoms with E-state index in [2.05, 4.69) is 27.9 Å². The van der Waals surface area contributed by atoms with Gasteiger partial charge in [0, 0.05) is 15.7 Å². The zero-order valence-electron chi connectivity index (χ0n) is 13.5. The van der Waals surface area contributed by atoms with Gasteiger partial charge in [-0.25, -0.2) is 0 Å². The largest absolute Gasteiger partial charge is 0.493 e. The maximum atomic E-state index is 12.1. The van der Waals surface area contributed by atoms with Gasteiger partial charge in [0.1, 0.15) is 0 Å². The number of methoxy groups -OCH3 is 2. The molecule has 1 amide bonds. The first-order valence-electron chi connectivity index (χ1n) is 7.30. The van der Waals surface area contributed by atoms with Gasteiger partial charge in [-0.05, 0) is 71.3 Å². The van der Waals surface area contributed by atoms with E-state index in [9.17, 15) is 4.79 Å². The van der Waals surface area contributed by atoms with Crippen molar-refractivity contribution in [3.8, 4) is 11.5 Å². The lowest BCUT2D eigenvalue weighted by Gasteiger charge is -2.10. The summed E-state index contributed by atoms with van der Waals surface area (Å²) in [6, 6.07) is 11.6. The van der Waals surface area contributed by atoms with Crippen LogP contribution in [0.3, 0.4) is 0 Å². The summed E-state index contributed by atoms with van der Waals surface area (Å²) < 4.78 is 11.6. The molecule has 0 bridgehead atoms. The van der Waals surface area contributed by atoms with E-state index in [1.54, 1.807) is 14.2 Å². The summed E-state index contributed by atoms with van der Waals surface area (Å²) in [6.07, 6.45) is 1.06. The highest BCUT2D eigenvalue weighted by atomic mass is 127. The van der Waals surface area contributed by atoms with Crippen LogP contribution in [0.15, 0.2) is 36.4 Å². The summed E-state index contributed by atoms with van der Waals surface area (Å²) >= 11 is 2.26. The van der Waals surface area contributed by atoms with E-state index in [1.165, 1.54) is 5.56 Å². The third kappa shape index (κ3) is 4.86. The Kier molecular flexibility index (Phi) is 6.27. The molecule has 0 fully saturated rings. The minimum Gasteiger partial charge on any atom is -0.493 e. The number of hydrogen-bond acceptors (Lipinski definition) is 3. The molecule has 0 aliphatic carbocycles. The number of carbonyl (C=O) groups is 1. The van der Waals surface area contributed by atoms with Gasteiger partial charge < -0.3 is 14.8 Å². The molecule has 23 heavy (non-hydrogen) atoms. The Morgan fingerprint density at radius 1 is 1.09 bits per heavy atom. The number of nitrogens with one attached hydrogen (secondary N) is 1. The number of aryl methyl sites for hydroxylation is 2. The second-order valence-corrected chi connectivity index (χ2v) is 6.36. The second kappa shape index (κ2) is 8.19. The van der Waals surface area contributed by atoms with Crippen LogP contribution in [0.1, 0.15) is 17.5 Å². The maximum absolute atomic E-state index is 12.1. The van der Waals surface area contributed by atoms with Crippen molar-refractivity contribution in [2.45, 2.75) is 19.8 Å². The summed E-state index contributed by atoms with van der Waals surface area (Å²) in [7, 11) is 3.21. The lowest BCUT2D eigenvalue weighted by molar-refractivity contribution is -0.116. The first kappa shape index (κ1) is 17.6. The quantitative estimate of drug-likeness (QED) is 0.707. The smallest absolute Gasteiger partial charge is 0.224 e. The number of rotatable bonds is 6. The molecule has 4 nitrogen and oxygen atoms in total. The summed E-state index contributed by atoms with van der Waals surface area (Å²) in [4.78, 5) is 12.1. The first-order valence-corrected chi connectivity index (χ1v) is 8.38. The normalized spacial score (nSPS) is 10.3. The van der Waals surface area contributed by atoms with Crippen LogP contribution >= 0.6 is 22.6 Å². The number of amides is 1. The minimum atomic E-state index is -0.000520. The molecule has 0 spiro atoms. The average Bonchev–Trinajstić information content (AvgIpc) is 2.56. The Balaban J connectivity index is 1.95. The van der Waals surface area contributed by atoms with Crippen molar-refractivity contribution in [2.75, 3.05) is 19.5 Å². The fourth-order valence-electron chi connectivity index (χ4n) is 2.19. The van der Waals surface area contributed by atoms with E-state index in [4.69, 9.17) is 9.47 Å². The molecule has 2 aromatic rings. The Morgan fingerprint density at radius 3 is 2.48 bits per heavy atom. The molecular weight excluding hydrogens is 405 g/mol. The predicted molar refractivity (Wildman–Crippen MR) is 100 cm³/mol. The van der Waals surface area contributed by atoms with Crippen molar-refractivity contribution < 1.29 is 14.3 Å². The topological polar surface area (TPSA) is 47.6 Å². The fraction of sp³-hybridized carbons (Fsp3) is 0.278. The molecule has 2 aromatic carbocycles. The first-order chi connectivity index (χ1) is 11.0. The molecule has 0 heterocycles. The number of hydrogen-bond donors (Lipinski definition) is 1. The van der Waals surface area contributed by atoms with Crippen molar-refractivity contribution in [3.05, 3.63) is 51.1 Å². The van der Waals surface area contributed by atoms with E-state index >= 15 is 0 Å². The van der Waals surface area contributed by atoms with Crippen molar-refractivity contribution in [1.82, 2.24) is 0 Å². The van der Waals surface area contributed by atoms with E-state index in [1.807, 2.05) is 43.3 Å². The van der Waals surface area contributed by atoms with E-state index in [0.29, 0.717) is 24.3 Å². The van der Waals surface area contributed by atoms with Crippen LogP contribution in [-0.4, -0.2) is 20.1 Å². The number of ether oxygens (including phenoxy) is 2. The maximum Gasteiger partial charge on any atom is 0.224 e. The van der Waals surface area contributed by atoms with E-state index in [-0.39, 0.29) is 5.91 Å². The van der Waals surface area contributed by atoms with Crippen molar-refractivity contribution >= 4 is 34.2 Å². The van der Waals surface area contributed by atoms with Gasteiger partial charge in [-0.3, -0.25) is 4.79 Å². The van der Waals surface area contributed by atoms with Gasteiger partial charge in [0.15, 0.2) is 11.5 Å². The average molecular weight is 425 g/mol. The SMILES string of the molecule is COc1ccc(CCC(=O)Nc2ccc(C)c(I)c2)cc1OC. The third-order valence-corrected chi connectivity index (χ3v) is 4.71. The molecule has 0 aliphatic rings. The van der Waals surface area contributed by atoms with Gasteiger partial charge in [0.2, 0.25) is 5.91 Å². The molecule has 5 heteroatoms. The van der Waals surface area contributed by atoms with Crippen molar-refractivity contribution in [3.63, 3.8) is 0 Å². The molecule has 1 N–H and O–H groups in total. The van der Waals surface area contributed by atoms with Crippen LogP contribution in [0, 0.1) is 10.5 Å². The van der Waals surface area contributed by atoms with Crippen LogP contribution in [0.4, 0.5) is 5.69 Å². The second-order valence-electron chi connectivity index (χ2n) is 5.20. The molecule has 0 aromatic heterocycles. The Labute approximate surface area is 150 Å². The summed E-state index contributed by atoms with van der Waals surface area (Å²) in [5.41, 5.74) is 3.07. The Hall–Kier alpha value is -1.76. The van der Waals surface area contributed by atoms with Gasteiger partial charge in [0.05, 0.1) is 14.2 Å². The van der Waals surface area contributed by atoms with Crippen LogP contribution in [0.2, 0.25) is 0 Å². The molecule has 0 unspecified atom stereocenters. The van der Waals surface area contributed by atoms with E-state index < -0.39 is 0 Å². The van der Waals surface area contributed by atoms with Gasteiger partial charge in [-0.2, -0.15) is 0 Å². The molecule has 2 rings (SSSR count). The zero-order valence-corrected chi connectivity index (χ0v) is 15.6. The highest BCUT2D eigenvalue weighted by molar-refractivity contribution is 14.1. The zero-order chi connectivity index (χ0) is 16.8. The number of halogens is 1. The monoisotopic (exact) mass is 425 g/mol. The van der Waals surface area contributed by atoms with Crippen LogP contribution < -0.4 is 14.8 Å². The lowest BCUT2D eigenvalue weighted by Crippen LogP contribution is -2.12. The Bertz CT molecular complexity index is 701. The molecule has 122 valence electrons. The molecule has 0 saturated carbocycles. The van der Waals surface area contributed by atoms with Gasteiger partial charge in [-0.15, -0.1) is 0 Å². The van der Waals surface area contributed by atoms with Gasteiger partial charge in [0.25, 0.3) is 0 Å². The van der Waals surface area contributed by atoms with Gasteiger partial charge in [-0.1, -0.05) is 12.1 Å². The highest BCUT2D eigenvalue weighted by Gasteiger charge is 2.08. The van der Waals surface area contributed by atoms with Crippen molar-refractivity contribution in [1.29, 1.82) is 0 Å². The molecular formula is C18H20INO3. The predicted octanol–water partition coefficient (Wildman–Crippen LogP) is 4.19. The van der Waals surface area contributed by atoms with E-state index in [0.717, 1.165) is 14.8 Å². The standard InChI is InChI=1S/C18H20INO3/c1-12-4-7-14(11-15(12)19)20-18(21)9-6-13-5-8-16(22-2)17(10-13)23-3/h4-5,7-8,10-11H,6,9H2,1-3H3,(H,20,21). The molecule has 0 atom stereocenters. The summed E-state index contributed by atoms with van der Waals surface area (Å²) in [5.74, 6) is 1.37. The highest BCUT2D eigenvalue weighted by Crippen LogP contribution is 2.28. The number of carbonyl (C=O) groups excluding carboxylic acids is 1. The molecule has 0 radical (unpaired) electrons. The van der Waals surface area contributed by atoms with Crippen LogP contribution in [0.5, 0.6) is 11.5 Å². The van der Waals surface area contributed by atoms with Crippen LogP contribution in [0.25, 0.3) is 0 Å².